The Morgan fingerprint density at radius 2 is 1.84 bits per heavy atom. The minimum absolute atomic E-state index is 0.104. The molecule has 0 saturated carbocycles. The number of hydrogen-bond acceptors (Lipinski definition) is 8. The first-order chi connectivity index (χ1) is 21.1. The van der Waals surface area contributed by atoms with Gasteiger partial charge in [0.05, 0.1) is 12.3 Å². The summed E-state index contributed by atoms with van der Waals surface area (Å²) in [5.74, 6) is -1.38. The van der Waals surface area contributed by atoms with Crippen molar-refractivity contribution in [1.29, 1.82) is 0 Å². The van der Waals surface area contributed by atoms with Crippen molar-refractivity contribution in [2.24, 2.45) is 0 Å². The molecule has 12 nitrogen and oxygen atoms in total. The van der Waals surface area contributed by atoms with Crippen molar-refractivity contribution >= 4 is 51.5 Å². The predicted molar refractivity (Wildman–Crippen MR) is 163 cm³/mol. The summed E-state index contributed by atoms with van der Waals surface area (Å²) in [4.78, 5) is 46.2. The number of amides is 2. The minimum Gasteiger partial charge on any atom is -0.480 e. The summed E-state index contributed by atoms with van der Waals surface area (Å²) >= 11 is 1.02. The molecule has 13 heteroatoms. The summed E-state index contributed by atoms with van der Waals surface area (Å²) in [5.41, 5.74) is 3.84. The normalized spacial score (nSPS) is 15.7. The molecular weight excluding hydrogens is 584 g/mol. The maximum Gasteiger partial charge on any atom is 0.408 e. The molecule has 4 heterocycles. The summed E-state index contributed by atoms with van der Waals surface area (Å²) in [5, 5.41) is 23.2. The van der Waals surface area contributed by atoms with E-state index < -0.39 is 29.7 Å². The van der Waals surface area contributed by atoms with Gasteiger partial charge in [0.15, 0.2) is 0 Å². The van der Waals surface area contributed by atoms with E-state index in [4.69, 9.17) is 9.15 Å². The Kier molecular flexibility index (Phi) is 7.80. The number of alkyl carbamates (subject to hydrolysis) is 1. The van der Waals surface area contributed by atoms with Gasteiger partial charge in [-0.1, -0.05) is 48.2 Å². The van der Waals surface area contributed by atoms with Crippen molar-refractivity contribution < 1.29 is 28.6 Å². The molecule has 3 aromatic heterocycles. The molecule has 1 aliphatic heterocycles. The van der Waals surface area contributed by atoms with Crippen LogP contribution >= 0.6 is 11.8 Å². The number of benzene rings is 2. The summed E-state index contributed by atoms with van der Waals surface area (Å²) in [6.07, 6.45) is 1.79. The number of nitrogens with zero attached hydrogens (tertiary/aromatic N) is 3. The van der Waals surface area contributed by atoms with Crippen molar-refractivity contribution in [2.75, 3.05) is 5.75 Å². The Bertz CT molecular complexity index is 1850. The fraction of sp³-hybridized carbons (Fsp3) is 0.323. The third kappa shape index (κ3) is 6.13. The molecule has 2 unspecified atom stereocenters. The molecule has 2 amide bonds. The number of aromatic nitrogens is 4. The number of aromatic amines is 2. The van der Waals surface area contributed by atoms with Gasteiger partial charge in [0.1, 0.15) is 17.7 Å². The van der Waals surface area contributed by atoms with Gasteiger partial charge in [-0.25, -0.2) is 9.59 Å². The van der Waals surface area contributed by atoms with Gasteiger partial charge in [-0.15, -0.1) is 10.2 Å². The molecule has 0 aliphatic carbocycles. The van der Waals surface area contributed by atoms with E-state index in [0.29, 0.717) is 6.42 Å². The zero-order valence-electron chi connectivity index (χ0n) is 24.4. The lowest BCUT2D eigenvalue weighted by Gasteiger charge is -2.33. The van der Waals surface area contributed by atoms with Gasteiger partial charge in [0.25, 0.3) is 5.22 Å². The fourth-order valence-electron chi connectivity index (χ4n) is 5.49. The smallest absolute Gasteiger partial charge is 0.408 e. The lowest BCUT2D eigenvalue weighted by atomic mass is 9.96. The fourth-order valence-corrected chi connectivity index (χ4v) is 6.14. The number of aliphatic carboxylic acids is 1. The van der Waals surface area contributed by atoms with E-state index >= 15 is 0 Å². The zero-order valence-corrected chi connectivity index (χ0v) is 25.2. The number of ether oxygens (including phenoxy) is 1. The number of carbonyl (C=O) groups excluding carboxylic acids is 2. The van der Waals surface area contributed by atoms with Crippen molar-refractivity contribution in [2.45, 2.75) is 63.1 Å². The topological polar surface area (TPSA) is 166 Å². The molecule has 6 rings (SSSR count). The molecule has 1 aliphatic rings. The van der Waals surface area contributed by atoms with E-state index in [2.05, 4.69) is 25.5 Å². The SMILES string of the molecule is CC(C)(C)OC(=O)NC(Cc1c[nH]c2ccccc12)c1nnc(SCC(=O)N2Cc3[nH]c4ccccc4c3CC2C(=O)O)o1. The average Bonchev–Trinajstić information content (AvgIpc) is 3.71. The van der Waals surface area contributed by atoms with E-state index in [1.165, 1.54) is 4.90 Å². The first-order valence-electron chi connectivity index (χ1n) is 14.2. The summed E-state index contributed by atoms with van der Waals surface area (Å²) in [6.45, 7) is 5.48. The van der Waals surface area contributed by atoms with E-state index in [9.17, 15) is 19.5 Å². The molecule has 0 fully saturated rings. The lowest BCUT2D eigenvalue weighted by molar-refractivity contribution is -0.150. The number of carboxylic acid groups (broad SMARTS) is 1. The Labute approximate surface area is 256 Å². The maximum atomic E-state index is 13.3. The van der Waals surface area contributed by atoms with Crippen molar-refractivity contribution in [3.8, 4) is 0 Å². The van der Waals surface area contributed by atoms with Crippen LogP contribution in [0, 0.1) is 0 Å². The molecule has 0 radical (unpaired) electrons. The molecule has 2 atom stereocenters. The largest absolute Gasteiger partial charge is 0.480 e. The zero-order chi connectivity index (χ0) is 31.0. The highest BCUT2D eigenvalue weighted by atomic mass is 32.2. The van der Waals surface area contributed by atoms with Gasteiger partial charge in [0.2, 0.25) is 11.8 Å². The van der Waals surface area contributed by atoms with Crippen LogP contribution in [-0.4, -0.2) is 65.5 Å². The monoisotopic (exact) mass is 616 g/mol. The van der Waals surface area contributed by atoms with E-state index in [-0.39, 0.29) is 35.7 Å². The first kappa shape index (κ1) is 29.3. The summed E-state index contributed by atoms with van der Waals surface area (Å²) in [7, 11) is 0. The Hall–Kier alpha value is -4.78. The second kappa shape index (κ2) is 11.7. The Morgan fingerprint density at radius 3 is 2.59 bits per heavy atom. The number of para-hydroxylation sites is 2. The molecule has 0 saturated heterocycles. The molecule has 0 bridgehead atoms. The van der Waals surface area contributed by atoms with Gasteiger partial charge < -0.3 is 34.4 Å². The second-order valence-electron chi connectivity index (χ2n) is 11.7. The van der Waals surface area contributed by atoms with Crippen LogP contribution in [0.25, 0.3) is 21.8 Å². The number of nitrogens with one attached hydrogen (secondary N) is 3. The van der Waals surface area contributed by atoms with Crippen LogP contribution in [0.5, 0.6) is 0 Å². The van der Waals surface area contributed by atoms with Crippen LogP contribution in [0.2, 0.25) is 0 Å². The standard InChI is InChI=1S/C31H32N6O6S/c1-31(2,3)43-29(41)34-23(12-17-14-32-21-10-6-4-8-18(17)21)27-35-36-30(42-27)44-16-26(38)37-15-24-20(13-25(37)28(39)40)19-9-5-7-11-22(19)33-24/h4-11,14,23,25,32-33H,12-13,15-16H2,1-3H3,(H,34,41)(H,39,40). The highest BCUT2D eigenvalue weighted by molar-refractivity contribution is 7.99. The van der Waals surface area contributed by atoms with Crippen molar-refractivity contribution in [3.05, 3.63) is 77.4 Å². The Morgan fingerprint density at radius 1 is 1.11 bits per heavy atom. The summed E-state index contributed by atoms with van der Waals surface area (Å²) in [6, 6.07) is 13.8. The maximum absolute atomic E-state index is 13.3. The van der Waals surface area contributed by atoms with Crippen molar-refractivity contribution in [1.82, 2.24) is 30.4 Å². The molecule has 2 aromatic carbocycles. The average molecular weight is 617 g/mol. The predicted octanol–water partition coefficient (Wildman–Crippen LogP) is 4.97. The number of carbonyl (C=O) groups is 3. The van der Waals surface area contributed by atoms with E-state index in [0.717, 1.165) is 50.4 Å². The van der Waals surface area contributed by atoms with Gasteiger partial charge >= 0.3 is 12.1 Å². The van der Waals surface area contributed by atoms with Gasteiger partial charge in [-0.05, 0) is 44.0 Å². The highest BCUT2D eigenvalue weighted by Crippen LogP contribution is 2.32. The molecule has 0 spiro atoms. The molecule has 228 valence electrons. The number of hydrogen-bond donors (Lipinski definition) is 4. The van der Waals surface area contributed by atoms with Crippen LogP contribution in [0.4, 0.5) is 4.79 Å². The van der Waals surface area contributed by atoms with Crippen LogP contribution in [0.1, 0.15) is 49.5 Å². The lowest BCUT2D eigenvalue weighted by Crippen LogP contribution is -2.49. The third-order valence-electron chi connectivity index (χ3n) is 7.44. The molecule has 5 aromatic rings. The number of thioether (sulfide) groups is 1. The Balaban J connectivity index is 1.17. The van der Waals surface area contributed by atoms with Gasteiger partial charge in [-0.2, -0.15) is 0 Å². The van der Waals surface area contributed by atoms with Crippen LogP contribution in [0.3, 0.4) is 0 Å². The van der Waals surface area contributed by atoms with Crippen LogP contribution in [0.15, 0.2) is 64.4 Å². The number of H-pyrrole nitrogens is 2. The highest BCUT2D eigenvalue weighted by Gasteiger charge is 2.36. The quantitative estimate of drug-likeness (QED) is 0.176. The van der Waals surface area contributed by atoms with Crippen LogP contribution in [-0.2, 0) is 33.7 Å². The second-order valence-corrected chi connectivity index (χ2v) is 12.6. The number of fused-ring (bicyclic) bond motifs is 4. The molecular formula is C31H32N6O6S. The molecule has 44 heavy (non-hydrogen) atoms. The van der Waals surface area contributed by atoms with Crippen molar-refractivity contribution in [3.63, 3.8) is 0 Å². The third-order valence-corrected chi connectivity index (χ3v) is 8.24. The van der Waals surface area contributed by atoms with E-state index in [1.54, 1.807) is 20.8 Å². The van der Waals surface area contributed by atoms with Crippen LogP contribution < -0.4 is 5.32 Å². The summed E-state index contributed by atoms with van der Waals surface area (Å²) < 4.78 is 11.4. The van der Waals surface area contributed by atoms with Gasteiger partial charge in [0, 0.05) is 46.5 Å². The van der Waals surface area contributed by atoms with E-state index in [1.807, 2.05) is 54.7 Å². The number of rotatable bonds is 8. The number of carboxylic acids is 1. The first-order valence-corrected chi connectivity index (χ1v) is 15.2. The minimum atomic E-state index is -1.06. The molecule has 4 N–H and O–H groups in total. The van der Waals surface area contributed by atoms with Gasteiger partial charge in [-0.3, -0.25) is 4.79 Å².